The van der Waals surface area contributed by atoms with Crippen molar-refractivity contribution in [2.24, 2.45) is 0 Å². The Morgan fingerprint density at radius 2 is 1.67 bits per heavy atom. The maximum absolute atomic E-state index is 12.5. The van der Waals surface area contributed by atoms with Crippen LogP contribution in [0, 0.1) is 0 Å². The third-order valence-corrected chi connectivity index (χ3v) is 3.98. The Morgan fingerprint density at radius 3 is 2.58 bits per heavy atom. The summed E-state index contributed by atoms with van der Waals surface area (Å²) in [6.07, 6.45) is 1.66. The molecule has 1 N–H and O–H groups in total. The lowest BCUT2D eigenvalue weighted by Gasteiger charge is -2.08. The van der Waals surface area contributed by atoms with Gasteiger partial charge in [-0.05, 0) is 24.3 Å². The van der Waals surface area contributed by atoms with E-state index in [4.69, 9.17) is 0 Å². The van der Waals surface area contributed by atoms with E-state index in [1.807, 2.05) is 60.7 Å². The molecule has 116 valence electrons. The van der Waals surface area contributed by atoms with Crippen LogP contribution in [-0.4, -0.2) is 15.9 Å². The first-order chi connectivity index (χ1) is 11.8. The number of rotatable bonds is 3. The molecule has 4 aromatic rings. The normalized spacial score (nSPS) is 10.8. The topological polar surface area (TPSA) is 54.9 Å². The molecule has 0 aliphatic rings. The second kappa shape index (κ2) is 6.08. The summed E-state index contributed by atoms with van der Waals surface area (Å²) < 4.78 is 0. The number of aromatic nitrogens is 2. The molecule has 4 rings (SSSR count). The Morgan fingerprint density at radius 1 is 0.875 bits per heavy atom. The lowest BCUT2D eigenvalue weighted by Crippen LogP contribution is -2.23. The summed E-state index contributed by atoms with van der Waals surface area (Å²) >= 11 is 0. The molecule has 0 radical (unpaired) electrons. The van der Waals surface area contributed by atoms with Crippen molar-refractivity contribution in [1.82, 2.24) is 15.3 Å². The van der Waals surface area contributed by atoms with E-state index in [9.17, 15) is 4.79 Å². The summed E-state index contributed by atoms with van der Waals surface area (Å²) in [4.78, 5) is 21.4. The van der Waals surface area contributed by atoms with Crippen LogP contribution in [0.1, 0.15) is 16.1 Å². The molecule has 0 aliphatic carbocycles. The number of para-hydroxylation sites is 2. The Labute approximate surface area is 139 Å². The highest BCUT2D eigenvalue weighted by Gasteiger charge is 2.10. The first-order valence-corrected chi connectivity index (χ1v) is 7.78. The van der Waals surface area contributed by atoms with Gasteiger partial charge in [0.2, 0.25) is 0 Å². The van der Waals surface area contributed by atoms with Crippen LogP contribution in [0.3, 0.4) is 0 Å². The monoisotopic (exact) mass is 313 g/mol. The molecule has 4 nitrogen and oxygen atoms in total. The SMILES string of the molecule is O=C(NCc1ccc2ccccc2n1)c1ccnc2ccccc12. The Bertz CT molecular complexity index is 1040. The van der Waals surface area contributed by atoms with E-state index < -0.39 is 0 Å². The lowest BCUT2D eigenvalue weighted by molar-refractivity contribution is 0.0952. The maximum atomic E-state index is 12.5. The summed E-state index contributed by atoms with van der Waals surface area (Å²) in [6, 6.07) is 21.3. The summed E-state index contributed by atoms with van der Waals surface area (Å²) in [7, 11) is 0. The molecule has 0 atom stereocenters. The van der Waals surface area contributed by atoms with Gasteiger partial charge in [-0.25, -0.2) is 0 Å². The number of amides is 1. The average molecular weight is 313 g/mol. The van der Waals surface area contributed by atoms with E-state index in [1.165, 1.54) is 0 Å². The fraction of sp³-hybridized carbons (Fsp3) is 0.0500. The molecule has 0 unspecified atom stereocenters. The molecule has 0 fully saturated rings. The number of nitrogens with one attached hydrogen (secondary N) is 1. The number of carbonyl (C=O) groups is 1. The van der Waals surface area contributed by atoms with Gasteiger partial charge in [-0.1, -0.05) is 42.5 Å². The van der Waals surface area contributed by atoms with Crippen LogP contribution >= 0.6 is 0 Å². The first kappa shape index (κ1) is 14.3. The van der Waals surface area contributed by atoms with Gasteiger partial charge in [0.15, 0.2) is 0 Å². The molecular formula is C20H15N3O. The van der Waals surface area contributed by atoms with E-state index in [0.29, 0.717) is 12.1 Å². The van der Waals surface area contributed by atoms with Crippen molar-refractivity contribution in [3.05, 3.63) is 84.2 Å². The smallest absolute Gasteiger partial charge is 0.252 e. The highest BCUT2D eigenvalue weighted by Crippen LogP contribution is 2.16. The number of nitrogens with zero attached hydrogens (tertiary/aromatic N) is 2. The highest BCUT2D eigenvalue weighted by atomic mass is 16.1. The van der Waals surface area contributed by atoms with Gasteiger partial charge < -0.3 is 5.32 Å². The first-order valence-electron chi connectivity index (χ1n) is 7.78. The zero-order valence-corrected chi connectivity index (χ0v) is 12.9. The zero-order chi connectivity index (χ0) is 16.4. The fourth-order valence-corrected chi connectivity index (χ4v) is 2.77. The van der Waals surface area contributed by atoms with Crippen LogP contribution < -0.4 is 5.32 Å². The standard InChI is InChI=1S/C20H15N3O/c24-20(17-11-12-21-19-8-4-2-6-16(17)19)22-13-15-10-9-14-5-1-3-7-18(14)23-15/h1-12H,13H2,(H,22,24). The van der Waals surface area contributed by atoms with E-state index in [1.54, 1.807) is 12.3 Å². The van der Waals surface area contributed by atoms with Gasteiger partial charge in [0.05, 0.1) is 28.8 Å². The van der Waals surface area contributed by atoms with Crippen molar-refractivity contribution in [2.75, 3.05) is 0 Å². The average Bonchev–Trinajstić information content (AvgIpc) is 2.65. The molecule has 0 saturated carbocycles. The van der Waals surface area contributed by atoms with E-state index in [-0.39, 0.29) is 5.91 Å². The minimum atomic E-state index is -0.122. The van der Waals surface area contributed by atoms with E-state index in [0.717, 1.165) is 27.5 Å². The van der Waals surface area contributed by atoms with Crippen LogP contribution in [0.4, 0.5) is 0 Å². The minimum Gasteiger partial charge on any atom is -0.346 e. The molecule has 1 amide bonds. The number of pyridine rings is 2. The molecule has 0 bridgehead atoms. The summed E-state index contributed by atoms with van der Waals surface area (Å²) in [6.45, 7) is 0.389. The van der Waals surface area contributed by atoms with Gasteiger partial charge in [-0.2, -0.15) is 0 Å². The fourth-order valence-electron chi connectivity index (χ4n) is 2.77. The number of carbonyl (C=O) groups excluding carboxylic acids is 1. The van der Waals surface area contributed by atoms with Gasteiger partial charge in [0, 0.05) is 17.0 Å². The number of hydrogen-bond acceptors (Lipinski definition) is 3. The molecular weight excluding hydrogens is 298 g/mol. The van der Waals surface area contributed by atoms with Gasteiger partial charge in [-0.15, -0.1) is 0 Å². The van der Waals surface area contributed by atoms with Gasteiger partial charge in [0.1, 0.15) is 0 Å². The Hall–Kier alpha value is -3.27. The lowest BCUT2D eigenvalue weighted by atomic mass is 10.1. The van der Waals surface area contributed by atoms with Gasteiger partial charge in [0.25, 0.3) is 5.91 Å². The second-order valence-electron chi connectivity index (χ2n) is 5.55. The van der Waals surface area contributed by atoms with Crippen molar-refractivity contribution in [3.63, 3.8) is 0 Å². The quantitative estimate of drug-likeness (QED) is 0.627. The Kier molecular flexibility index (Phi) is 3.63. The number of hydrogen-bond donors (Lipinski definition) is 1. The highest BCUT2D eigenvalue weighted by molar-refractivity contribution is 6.05. The predicted octanol–water partition coefficient (Wildman–Crippen LogP) is 3.71. The van der Waals surface area contributed by atoms with Crippen LogP contribution in [0.25, 0.3) is 21.8 Å². The van der Waals surface area contributed by atoms with Crippen molar-refractivity contribution < 1.29 is 4.79 Å². The molecule has 2 aromatic carbocycles. The third kappa shape index (κ3) is 2.70. The van der Waals surface area contributed by atoms with Crippen molar-refractivity contribution in [3.8, 4) is 0 Å². The van der Waals surface area contributed by atoms with Crippen molar-refractivity contribution >= 4 is 27.7 Å². The molecule has 0 spiro atoms. The van der Waals surface area contributed by atoms with E-state index in [2.05, 4.69) is 15.3 Å². The van der Waals surface area contributed by atoms with Crippen LogP contribution in [0.5, 0.6) is 0 Å². The second-order valence-corrected chi connectivity index (χ2v) is 5.55. The van der Waals surface area contributed by atoms with E-state index >= 15 is 0 Å². The maximum Gasteiger partial charge on any atom is 0.252 e. The molecule has 2 heterocycles. The number of benzene rings is 2. The number of fused-ring (bicyclic) bond motifs is 2. The van der Waals surface area contributed by atoms with Crippen LogP contribution in [-0.2, 0) is 6.54 Å². The van der Waals surface area contributed by atoms with Crippen molar-refractivity contribution in [1.29, 1.82) is 0 Å². The van der Waals surface area contributed by atoms with Crippen molar-refractivity contribution in [2.45, 2.75) is 6.54 Å². The molecule has 2 aromatic heterocycles. The Balaban J connectivity index is 1.57. The summed E-state index contributed by atoms with van der Waals surface area (Å²) in [5.41, 5.74) is 3.20. The van der Waals surface area contributed by atoms with Gasteiger partial charge in [-0.3, -0.25) is 14.8 Å². The van der Waals surface area contributed by atoms with Crippen LogP contribution in [0.2, 0.25) is 0 Å². The minimum absolute atomic E-state index is 0.122. The third-order valence-electron chi connectivity index (χ3n) is 3.98. The largest absolute Gasteiger partial charge is 0.346 e. The predicted molar refractivity (Wildman–Crippen MR) is 94.7 cm³/mol. The molecule has 24 heavy (non-hydrogen) atoms. The molecule has 4 heteroatoms. The summed E-state index contributed by atoms with van der Waals surface area (Å²) in [5.74, 6) is -0.122. The van der Waals surface area contributed by atoms with Crippen LogP contribution in [0.15, 0.2) is 72.9 Å². The molecule has 0 saturated heterocycles. The van der Waals surface area contributed by atoms with Gasteiger partial charge >= 0.3 is 0 Å². The zero-order valence-electron chi connectivity index (χ0n) is 12.9. The summed E-state index contributed by atoms with van der Waals surface area (Å²) in [5, 5.41) is 4.88. The molecule has 0 aliphatic heterocycles.